The van der Waals surface area contributed by atoms with E-state index in [-0.39, 0.29) is 24.9 Å². The molecule has 0 N–H and O–H groups in total. The number of amides is 2. The molecule has 1 heterocycles. The summed E-state index contributed by atoms with van der Waals surface area (Å²) in [5, 5.41) is 0. The van der Waals surface area contributed by atoms with Crippen molar-refractivity contribution in [2.75, 3.05) is 20.2 Å². The van der Waals surface area contributed by atoms with E-state index in [0.717, 1.165) is 5.56 Å². The normalized spacial score (nSPS) is 18.6. The van der Waals surface area contributed by atoms with Gasteiger partial charge in [-0.15, -0.1) is 0 Å². The van der Waals surface area contributed by atoms with E-state index in [9.17, 15) is 14.4 Å². The Morgan fingerprint density at radius 3 is 2.52 bits per heavy atom. The van der Waals surface area contributed by atoms with Gasteiger partial charge in [0.25, 0.3) is 0 Å². The zero-order valence-electron chi connectivity index (χ0n) is 12.1. The third kappa shape index (κ3) is 3.39. The van der Waals surface area contributed by atoms with Crippen LogP contribution in [0.3, 0.4) is 0 Å². The summed E-state index contributed by atoms with van der Waals surface area (Å²) in [5.74, 6) is -0.983. The molecule has 6 heteroatoms. The fourth-order valence-electron chi connectivity index (χ4n) is 2.39. The van der Waals surface area contributed by atoms with Gasteiger partial charge in [0.15, 0.2) is 0 Å². The van der Waals surface area contributed by atoms with Gasteiger partial charge in [-0.05, 0) is 5.56 Å². The molecule has 6 nitrogen and oxygen atoms in total. The van der Waals surface area contributed by atoms with Crippen LogP contribution in [0.1, 0.15) is 12.5 Å². The summed E-state index contributed by atoms with van der Waals surface area (Å²) >= 11 is 0. The average molecular weight is 290 g/mol. The standard InChI is InChI=1S/C15H18N2O4/c1-11(18)17-10-14(19)16(9-13(17)15(20)21-2)8-12-6-4-3-5-7-12/h3-7,13H,8-10H2,1-2H3. The van der Waals surface area contributed by atoms with Crippen LogP contribution in [0, 0.1) is 0 Å². The van der Waals surface area contributed by atoms with E-state index in [1.807, 2.05) is 30.3 Å². The Morgan fingerprint density at radius 1 is 1.29 bits per heavy atom. The Bertz CT molecular complexity index is 544. The minimum absolute atomic E-state index is 0.0953. The maximum atomic E-state index is 12.1. The van der Waals surface area contributed by atoms with Crippen molar-refractivity contribution in [3.05, 3.63) is 35.9 Å². The number of carbonyl (C=O) groups excluding carboxylic acids is 3. The molecule has 0 aliphatic carbocycles. The van der Waals surface area contributed by atoms with E-state index in [1.165, 1.54) is 18.9 Å². The number of benzene rings is 1. The second-order valence-electron chi connectivity index (χ2n) is 4.95. The van der Waals surface area contributed by atoms with Crippen LogP contribution >= 0.6 is 0 Å². The van der Waals surface area contributed by atoms with Crippen LogP contribution < -0.4 is 0 Å². The molecular weight excluding hydrogens is 272 g/mol. The predicted molar refractivity (Wildman–Crippen MR) is 75.1 cm³/mol. The van der Waals surface area contributed by atoms with Gasteiger partial charge >= 0.3 is 5.97 Å². The molecule has 0 aromatic heterocycles. The van der Waals surface area contributed by atoms with E-state index in [4.69, 9.17) is 4.74 Å². The lowest BCUT2D eigenvalue weighted by Crippen LogP contribution is -2.60. The highest BCUT2D eigenvalue weighted by molar-refractivity contribution is 5.90. The lowest BCUT2D eigenvalue weighted by molar-refractivity contribution is -0.161. The number of ether oxygens (including phenoxy) is 1. The van der Waals surface area contributed by atoms with Gasteiger partial charge in [0, 0.05) is 13.5 Å². The zero-order chi connectivity index (χ0) is 15.4. The second-order valence-corrected chi connectivity index (χ2v) is 4.95. The molecule has 1 atom stereocenters. The molecule has 1 aliphatic heterocycles. The van der Waals surface area contributed by atoms with Gasteiger partial charge in [0.05, 0.1) is 13.7 Å². The number of hydrogen-bond acceptors (Lipinski definition) is 4. The quantitative estimate of drug-likeness (QED) is 0.757. The van der Waals surface area contributed by atoms with Crippen LogP contribution in [0.15, 0.2) is 30.3 Å². The maximum Gasteiger partial charge on any atom is 0.330 e. The Kier molecular flexibility index (Phi) is 4.57. The Balaban J connectivity index is 2.15. The number of methoxy groups -OCH3 is 1. The summed E-state index contributed by atoms with van der Waals surface area (Å²) in [6.07, 6.45) is 0. The van der Waals surface area contributed by atoms with Gasteiger partial charge in [-0.25, -0.2) is 4.79 Å². The molecule has 0 radical (unpaired) electrons. The molecule has 0 spiro atoms. The van der Waals surface area contributed by atoms with Crippen molar-refractivity contribution in [2.45, 2.75) is 19.5 Å². The van der Waals surface area contributed by atoms with Gasteiger partial charge in [-0.3, -0.25) is 9.59 Å². The first-order chi connectivity index (χ1) is 10.0. The van der Waals surface area contributed by atoms with Crippen LogP contribution in [-0.2, 0) is 25.7 Å². The third-order valence-electron chi connectivity index (χ3n) is 3.52. The van der Waals surface area contributed by atoms with E-state index >= 15 is 0 Å². The molecule has 1 aromatic carbocycles. The Morgan fingerprint density at radius 2 is 1.95 bits per heavy atom. The molecule has 1 aromatic rings. The molecular formula is C15H18N2O4. The number of rotatable bonds is 3. The molecule has 21 heavy (non-hydrogen) atoms. The van der Waals surface area contributed by atoms with Crippen LogP contribution in [0.5, 0.6) is 0 Å². The van der Waals surface area contributed by atoms with E-state index in [0.29, 0.717) is 6.54 Å². The molecule has 1 fully saturated rings. The van der Waals surface area contributed by atoms with Crippen molar-refractivity contribution in [3.8, 4) is 0 Å². The van der Waals surface area contributed by atoms with Crippen LogP contribution in [-0.4, -0.2) is 53.8 Å². The summed E-state index contributed by atoms with van der Waals surface area (Å²) in [5.41, 5.74) is 0.978. The summed E-state index contributed by atoms with van der Waals surface area (Å²) in [7, 11) is 1.28. The van der Waals surface area contributed by atoms with Crippen molar-refractivity contribution in [2.24, 2.45) is 0 Å². The zero-order valence-corrected chi connectivity index (χ0v) is 12.1. The predicted octanol–water partition coefficient (Wildman–Crippen LogP) is 0.419. The van der Waals surface area contributed by atoms with Crippen LogP contribution in [0.4, 0.5) is 0 Å². The summed E-state index contributed by atoms with van der Waals surface area (Å²) in [6.45, 7) is 1.82. The highest BCUT2D eigenvalue weighted by Crippen LogP contribution is 2.15. The first kappa shape index (κ1) is 15.0. The number of piperazine rings is 1. The maximum absolute atomic E-state index is 12.1. The van der Waals surface area contributed by atoms with Gasteiger partial charge in [0.1, 0.15) is 12.6 Å². The number of nitrogens with zero attached hydrogens (tertiary/aromatic N) is 2. The van der Waals surface area contributed by atoms with Crippen molar-refractivity contribution >= 4 is 17.8 Å². The van der Waals surface area contributed by atoms with Crippen molar-refractivity contribution < 1.29 is 19.1 Å². The molecule has 2 rings (SSSR count). The van der Waals surface area contributed by atoms with Crippen molar-refractivity contribution in [3.63, 3.8) is 0 Å². The molecule has 0 bridgehead atoms. The Hall–Kier alpha value is -2.37. The third-order valence-corrected chi connectivity index (χ3v) is 3.52. The Labute approximate surface area is 123 Å². The highest BCUT2D eigenvalue weighted by Gasteiger charge is 2.38. The first-order valence-electron chi connectivity index (χ1n) is 6.69. The lowest BCUT2D eigenvalue weighted by atomic mass is 10.1. The summed E-state index contributed by atoms with van der Waals surface area (Å²) in [6, 6.07) is 8.77. The monoisotopic (exact) mass is 290 g/mol. The topological polar surface area (TPSA) is 66.9 Å². The molecule has 2 amide bonds. The minimum Gasteiger partial charge on any atom is -0.467 e. The number of carbonyl (C=O) groups is 3. The van der Waals surface area contributed by atoms with Gasteiger partial charge in [-0.2, -0.15) is 0 Å². The smallest absolute Gasteiger partial charge is 0.330 e. The van der Waals surface area contributed by atoms with E-state index < -0.39 is 12.0 Å². The fraction of sp³-hybridized carbons (Fsp3) is 0.400. The van der Waals surface area contributed by atoms with E-state index in [2.05, 4.69) is 0 Å². The van der Waals surface area contributed by atoms with Gasteiger partial charge in [0.2, 0.25) is 11.8 Å². The molecule has 0 saturated carbocycles. The fourth-order valence-corrected chi connectivity index (χ4v) is 2.39. The largest absolute Gasteiger partial charge is 0.467 e. The second kappa shape index (κ2) is 6.39. The average Bonchev–Trinajstić information content (AvgIpc) is 2.49. The number of hydrogen-bond donors (Lipinski definition) is 0. The number of esters is 1. The summed E-state index contributed by atoms with van der Waals surface area (Å²) < 4.78 is 4.73. The summed E-state index contributed by atoms with van der Waals surface area (Å²) in [4.78, 5) is 38.4. The molecule has 1 aliphatic rings. The van der Waals surface area contributed by atoms with E-state index in [1.54, 1.807) is 4.90 Å². The van der Waals surface area contributed by atoms with Crippen LogP contribution in [0.25, 0.3) is 0 Å². The van der Waals surface area contributed by atoms with Crippen molar-refractivity contribution in [1.29, 1.82) is 0 Å². The minimum atomic E-state index is -0.742. The highest BCUT2D eigenvalue weighted by atomic mass is 16.5. The van der Waals surface area contributed by atoms with Crippen LogP contribution in [0.2, 0.25) is 0 Å². The molecule has 1 unspecified atom stereocenters. The first-order valence-corrected chi connectivity index (χ1v) is 6.69. The molecule has 112 valence electrons. The SMILES string of the molecule is COC(=O)C1CN(Cc2ccccc2)C(=O)CN1C(C)=O. The van der Waals surface area contributed by atoms with Gasteiger partial charge < -0.3 is 14.5 Å². The lowest BCUT2D eigenvalue weighted by Gasteiger charge is -2.39. The van der Waals surface area contributed by atoms with Gasteiger partial charge in [-0.1, -0.05) is 30.3 Å². The molecule has 1 saturated heterocycles. The van der Waals surface area contributed by atoms with Crippen molar-refractivity contribution in [1.82, 2.24) is 9.80 Å².